The predicted molar refractivity (Wildman–Crippen MR) is 70.1 cm³/mol. The lowest BCUT2D eigenvalue weighted by molar-refractivity contribution is -0.146. The summed E-state index contributed by atoms with van der Waals surface area (Å²) in [7, 11) is 0. The van der Waals surface area contributed by atoms with Gasteiger partial charge in [-0.25, -0.2) is 0 Å². The molecule has 4 atom stereocenters. The molecule has 0 spiro atoms. The van der Waals surface area contributed by atoms with Crippen LogP contribution in [0, 0.1) is 23.7 Å². The van der Waals surface area contributed by atoms with E-state index in [4.69, 9.17) is 5.11 Å². The van der Waals surface area contributed by atoms with Crippen LogP contribution < -0.4 is 5.32 Å². The maximum Gasteiger partial charge on any atom is 0.307 e. The van der Waals surface area contributed by atoms with Crippen molar-refractivity contribution in [3.05, 3.63) is 0 Å². The van der Waals surface area contributed by atoms with Gasteiger partial charge in [0.05, 0.1) is 5.92 Å². The fraction of sp³-hybridized carbons (Fsp3) is 0.857. The number of carbonyl (C=O) groups excluding carboxylic acids is 1. The summed E-state index contributed by atoms with van der Waals surface area (Å²) in [6, 6.07) is 0. The molecule has 104 valence electrons. The molecule has 0 heterocycles. The van der Waals surface area contributed by atoms with Crippen molar-refractivity contribution in [2.45, 2.75) is 46.5 Å². The first kappa shape index (κ1) is 15.0. The van der Waals surface area contributed by atoms with Gasteiger partial charge in [-0.2, -0.15) is 0 Å². The number of carbonyl (C=O) groups is 2. The van der Waals surface area contributed by atoms with Gasteiger partial charge in [-0.1, -0.05) is 40.0 Å². The quantitative estimate of drug-likeness (QED) is 0.792. The van der Waals surface area contributed by atoms with E-state index in [1.807, 2.05) is 0 Å². The monoisotopic (exact) mass is 255 g/mol. The molecule has 0 aromatic carbocycles. The fourth-order valence-corrected chi connectivity index (χ4v) is 2.53. The third kappa shape index (κ3) is 4.00. The smallest absolute Gasteiger partial charge is 0.307 e. The topological polar surface area (TPSA) is 66.4 Å². The van der Waals surface area contributed by atoms with Gasteiger partial charge in [-0.15, -0.1) is 0 Å². The lowest BCUT2D eigenvalue weighted by Crippen LogP contribution is -2.39. The van der Waals surface area contributed by atoms with Crippen molar-refractivity contribution < 1.29 is 14.7 Å². The Labute approximate surface area is 109 Å². The Balaban J connectivity index is 2.38. The molecule has 0 bridgehead atoms. The summed E-state index contributed by atoms with van der Waals surface area (Å²) in [6.07, 6.45) is 4.94. The van der Waals surface area contributed by atoms with E-state index in [0.717, 1.165) is 0 Å². The molecule has 1 rings (SSSR count). The number of carboxylic acids is 1. The summed E-state index contributed by atoms with van der Waals surface area (Å²) in [6.45, 7) is 6.18. The first-order chi connectivity index (χ1) is 8.43. The average Bonchev–Trinajstić information content (AvgIpc) is 2.35. The van der Waals surface area contributed by atoms with Crippen molar-refractivity contribution in [2.24, 2.45) is 23.7 Å². The molecule has 1 aliphatic rings. The van der Waals surface area contributed by atoms with Gasteiger partial charge in [0.15, 0.2) is 0 Å². The van der Waals surface area contributed by atoms with Crippen LogP contribution in [-0.4, -0.2) is 23.5 Å². The van der Waals surface area contributed by atoms with Crippen LogP contribution in [0.1, 0.15) is 46.5 Å². The van der Waals surface area contributed by atoms with Gasteiger partial charge in [-0.05, 0) is 18.3 Å². The molecule has 18 heavy (non-hydrogen) atoms. The first-order valence-corrected chi connectivity index (χ1v) is 6.94. The van der Waals surface area contributed by atoms with Crippen LogP contribution in [-0.2, 0) is 9.59 Å². The molecule has 1 fully saturated rings. The summed E-state index contributed by atoms with van der Waals surface area (Å²) in [4.78, 5) is 22.7. The number of amides is 1. The van der Waals surface area contributed by atoms with E-state index < -0.39 is 17.8 Å². The summed E-state index contributed by atoms with van der Waals surface area (Å²) in [5.41, 5.74) is 0. The number of hydrogen-bond acceptors (Lipinski definition) is 2. The highest BCUT2D eigenvalue weighted by atomic mass is 16.4. The molecular weight excluding hydrogens is 230 g/mol. The molecule has 0 radical (unpaired) electrons. The molecule has 2 N–H and O–H groups in total. The molecule has 4 nitrogen and oxygen atoms in total. The van der Waals surface area contributed by atoms with Gasteiger partial charge in [-0.3, -0.25) is 9.59 Å². The van der Waals surface area contributed by atoms with Crippen LogP contribution in [0.5, 0.6) is 0 Å². The zero-order chi connectivity index (χ0) is 13.7. The van der Waals surface area contributed by atoms with Gasteiger partial charge < -0.3 is 10.4 Å². The van der Waals surface area contributed by atoms with E-state index in [1.165, 1.54) is 25.7 Å². The predicted octanol–water partition coefficient (Wildman–Crippen LogP) is 2.29. The Morgan fingerprint density at radius 1 is 1.22 bits per heavy atom. The molecule has 0 aromatic rings. The van der Waals surface area contributed by atoms with E-state index in [-0.39, 0.29) is 5.91 Å². The second-order valence-corrected chi connectivity index (χ2v) is 5.68. The van der Waals surface area contributed by atoms with Crippen LogP contribution >= 0.6 is 0 Å². The van der Waals surface area contributed by atoms with Gasteiger partial charge in [0.2, 0.25) is 5.91 Å². The van der Waals surface area contributed by atoms with E-state index >= 15 is 0 Å². The Morgan fingerprint density at radius 3 is 2.39 bits per heavy atom. The van der Waals surface area contributed by atoms with E-state index in [1.54, 1.807) is 13.8 Å². The van der Waals surface area contributed by atoms with Crippen molar-refractivity contribution >= 4 is 11.9 Å². The SMILES string of the molecule is CC1CCCCC1CNC(=O)C(C)C(C)C(=O)O. The number of aliphatic carboxylic acids is 1. The Bertz CT molecular complexity index is 303. The summed E-state index contributed by atoms with van der Waals surface area (Å²) < 4.78 is 0. The number of hydrogen-bond donors (Lipinski definition) is 2. The fourth-order valence-electron chi connectivity index (χ4n) is 2.53. The average molecular weight is 255 g/mol. The molecular formula is C14H25NO3. The van der Waals surface area contributed by atoms with Crippen molar-refractivity contribution in [3.8, 4) is 0 Å². The van der Waals surface area contributed by atoms with Gasteiger partial charge in [0, 0.05) is 12.5 Å². The largest absolute Gasteiger partial charge is 0.481 e. The Hall–Kier alpha value is -1.06. The third-order valence-electron chi connectivity index (χ3n) is 4.38. The van der Waals surface area contributed by atoms with Crippen molar-refractivity contribution in [2.75, 3.05) is 6.54 Å². The zero-order valence-electron chi connectivity index (χ0n) is 11.6. The van der Waals surface area contributed by atoms with Crippen molar-refractivity contribution in [3.63, 3.8) is 0 Å². The minimum atomic E-state index is -0.913. The van der Waals surface area contributed by atoms with E-state index in [0.29, 0.717) is 18.4 Å². The Kier molecular flexibility index (Phi) is 5.63. The maximum absolute atomic E-state index is 11.9. The van der Waals surface area contributed by atoms with Crippen LogP contribution in [0.15, 0.2) is 0 Å². The van der Waals surface area contributed by atoms with Crippen LogP contribution in [0.25, 0.3) is 0 Å². The van der Waals surface area contributed by atoms with E-state index in [9.17, 15) is 9.59 Å². The van der Waals surface area contributed by atoms with Crippen LogP contribution in [0.2, 0.25) is 0 Å². The van der Waals surface area contributed by atoms with Gasteiger partial charge in [0.1, 0.15) is 0 Å². The maximum atomic E-state index is 11.9. The Morgan fingerprint density at radius 2 is 1.83 bits per heavy atom. The second kappa shape index (κ2) is 6.76. The highest BCUT2D eigenvalue weighted by Crippen LogP contribution is 2.28. The third-order valence-corrected chi connectivity index (χ3v) is 4.38. The van der Waals surface area contributed by atoms with Gasteiger partial charge in [0.25, 0.3) is 0 Å². The minimum Gasteiger partial charge on any atom is -0.481 e. The number of carboxylic acid groups (broad SMARTS) is 1. The van der Waals surface area contributed by atoms with Crippen molar-refractivity contribution in [1.82, 2.24) is 5.32 Å². The lowest BCUT2D eigenvalue weighted by Gasteiger charge is -2.29. The molecule has 4 heteroatoms. The molecule has 0 aliphatic heterocycles. The number of rotatable bonds is 5. The normalized spacial score (nSPS) is 27.3. The highest BCUT2D eigenvalue weighted by molar-refractivity contribution is 5.84. The molecule has 0 saturated heterocycles. The molecule has 1 amide bonds. The lowest BCUT2D eigenvalue weighted by atomic mass is 9.80. The number of nitrogens with one attached hydrogen (secondary N) is 1. The summed E-state index contributed by atoms with van der Waals surface area (Å²) >= 11 is 0. The minimum absolute atomic E-state index is 0.136. The van der Waals surface area contributed by atoms with E-state index in [2.05, 4.69) is 12.2 Å². The molecule has 1 saturated carbocycles. The van der Waals surface area contributed by atoms with Crippen LogP contribution in [0.3, 0.4) is 0 Å². The molecule has 4 unspecified atom stereocenters. The molecule has 0 aromatic heterocycles. The van der Waals surface area contributed by atoms with Crippen LogP contribution in [0.4, 0.5) is 0 Å². The zero-order valence-corrected chi connectivity index (χ0v) is 11.6. The van der Waals surface area contributed by atoms with Gasteiger partial charge >= 0.3 is 5.97 Å². The standard InChI is InChI=1S/C14H25NO3/c1-9-6-4-5-7-12(9)8-15-13(16)10(2)11(3)14(17)18/h9-12H,4-8H2,1-3H3,(H,15,16)(H,17,18). The van der Waals surface area contributed by atoms with Crippen molar-refractivity contribution in [1.29, 1.82) is 0 Å². The highest BCUT2D eigenvalue weighted by Gasteiger charge is 2.27. The summed E-state index contributed by atoms with van der Waals surface area (Å²) in [5, 5.41) is 11.8. The molecule has 1 aliphatic carbocycles. The second-order valence-electron chi connectivity index (χ2n) is 5.68. The summed E-state index contributed by atoms with van der Waals surface area (Å²) in [5.74, 6) is -0.942. The first-order valence-electron chi connectivity index (χ1n) is 6.94.